The number of likely N-dealkylation sites (tertiary alicyclic amines) is 1. The highest BCUT2D eigenvalue weighted by molar-refractivity contribution is 5.96. The van der Waals surface area contributed by atoms with E-state index in [1.807, 2.05) is 26.0 Å². The first kappa shape index (κ1) is 28.0. The summed E-state index contributed by atoms with van der Waals surface area (Å²) in [4.78, 5) is 41.4. The van der Waals surface area contributed by atoms with E-state index >= 15 is 0 Å². The molecule has 1 saturated heterocycles. The summed E-state index contributed by atoms with van der Waals surface area (Å²) in [6.07, 6.45) is 7.27. The summed E-state index contributed by atoms with van der Waals surface area (Å²) in [5.74, 6) is -0.145. The van der Waals surface area contributed by atoms with E-state index in [4.69, 9.17) is 9.47 Å². The molecule has 3 heterocycles. The largest absolute Gasteiger partial charge is 0.507 e. The van der Waals surface area contributed by atoms with E-state index in [1.54, 1.807) is 61.2 Å². The van der Waals surface area contributed by atoms with Crippen LogP contribution < -0.4 is 4.74 Å². The van der Waals surface area contributed by atoms with Gasteiger partial charge in [0.2, 0.25) is 0 Å². The van der Waals surface area contributed by atoms with Crippen LogP contribution in [0.1, 0.15) is 86.6 Å². The second kappa shape index (κ2) is 11.0. The summed E-state index contributed by atoms with van der Waals surface area (Å²) in [6, 6.07) is 8.46. The molecule has 1 amide bonds. The van der Waals surface area contributed by atoms with Crippen molar-refractivity contribution in [3.05, 3.63) is 83.7 Å². The van der Waals surface area contributed by atoms with Gasteiger partial charge in [0, 0.05) is 55.3 Å². The molecule has 3 atom stereocenters. The fourth-order valence-corrected chi connectivity index (χ4v) is 5.70. The molecule has 0 unspecified atom stereocenters. The number of benzene rings is 1. The van der Waals surface area contributed by atoms with Crippen LogP contribution in [-0.2, 0) is 10.2 Å². The lowest BCUT2D eigenvalue weighted by Crippen LogP contribution is -2.52. The number of rotatable bonds is 7. The van der Waals surface area contributed by atoms with Crippen LogP contribution >= 0.6 is 0 Å². The van der Waals surface area contributed by atoms with Crippen molar-refractivity contribution < 1.29 is 24.2 Å². The molecule has 0 aliphatic carbocycles. The second-order valence-electron chi connectivity index (χ2n) is 11.4. The summed E-state index contributed by atoms with van der Waals surface area (Å²) < 4.78 is 11.4. The monoisotopic (exact) mass is 532 g/mol. The third kappa shape index (κ3) is 5.72. The third-order valence-electron chi connectivity index (χ3n) is 7.11. The molecule has 206 valence electrons. The lowest BCUT2D eigenvalue weighted by atomic mass is 9.85. The van der Waals surface area contributed by atoms with E-state index in [2.05, 4.69) is 35.7 Å². The first-order valence-corrected chi connectivity index (χ1v) is 13.1. The van der Waals surface area contributed by atoms with Crippen LogP contribution in [0.25, 0.3) is 0 Å². The number of carbonyl (C=O) groups excluding carboxylic acids is 1. The van der Waals surface area contributed by atoms with Gasteiger partial charge in [0.25, 0.3) is 5.91 Å². The highest BCUT2D eigenvalue weighted by Crippen LogP contribution is 2.54. The summed E-state index contributed by atoms with van der Waals surface area (Å²) in [7, 11) is 1.58. The summed E-state index contributed by atoms with van der Waals surface area (Å²) in [5, 5.41) is 9.92. The number of pyridine rings is 1. The Morgan fingerprint density at radius 1 is 1.13 bits per heavy atom. The first-order valence-electron chi connectivity index (χ1n) is 13.1. The molecule has 2 aromatic heterocycles. The Labute approximate surface area is 229 Å². The van der Waals surface area contributed by atoms with Gasteiger partial charge in [0.15, 0.2) is 5.72 Å². The number of carbonyl (C=O) groups is 2. The molecule has 4 rings (SSSR count). The fraction of sp³-hybridized carbons (Fsp3) is 0.433. The first-order chi connectivity index (χ1) is 18.5. The van der Waals surface area contributed by atoms with Gasteiger partial charge in [-0.05, 0) is 40.7 Å². The van der Waals surface area contributed by atoms with Gasteiger partial charge in [-0.3, -0.25) is 24.6 Å². The molecular formula is C30H36N4O5. The number of hydrogen-bond acceptors (Lipinski definition) is 7. The number of hydrogen-bond donors (Lipinski definition) is 1. The quantitative estimate of drug-likeness (QED) is 0.369. The van der Waals surface area contributed by atoms with Crippen LogP contribution in [0.2, 0.25) is 0 Å². The number of aromatic nitrogens is 3. The number of amides is 1. The van der Waals surface area contributed by atoms with Crippen molar-refractivity contribution in [1.82, 2.24) is 19.9 Å². The minimum atomic E-state index is -1.45. The molecule has 1 fully saturated rings. The Bertz CT molecular complexity index is 1310. The van der Waals surface area contributed by atoms with Crippen molar-refractivity contribution in [3.8, 4) is 5.75 Å². The predicted molar refractivity (Wildman–Crippen MR) is 146 cm³/mol. The molecule has 0 radical (unpaired) electrons. The SMILES string of the molecule is COc1cc(C(=O)N2[C@@H](c3cccnc3)[C@@H](c3cnccn3)C[C@]2(CC(C)C)OC(=O)O)ccc1C(C)(C)C. The number of nitrogens with zero attached hydrogens (tertiary/aromatic N) is 4. The average Bonchev–Trinajstić information content (AvgIpc) is 3.21. The molecule has 0 spiro atoms. The molecule has 3 aromatic rings. The molecule has 1 N–H and O–H groups in total. The van der Waals surface area contributed by atoms with Crippen molar-refractivity contribution >= 4 is 12.1 Å². The molecule has 0 bridgehead atoms. The van der Waals surface area contributed by atoms with Crippen LogP contribution in [0.5, 0.6) is 5.75 Å². The number of carboxylic acid groups (broad SMARTS) is 1. The molecular weight excluding hydrogens is 496 g/mol. The predicted octanol–water partition coefficient (Wildman–Crippen LogP) is 5.99. The zero-order valence-electron chi connectivity index (χ0n) is 23.3. The Morgan fingerprint density at radius 3 is 2.44 bits per heavy atom. The van der Waals surface area contributed by atoms with Gasteiger partial charge in [-0.2, -0.15) is 0 Å². The molecule has 0 saturated carbocycles. The van der Waals surface area contributed by atoms with Gasteiger partial charge in [0.1, 0.15) is 5.75 Å². The van der Waals surface area contributed by atoms with E-state index in [9.17, 15) is 14.7 Å². The highest BCUT2D eigenvalue weighted by atomic mass is 16.7. The third-order valence-corrected chi connectivity index (χ3v) is 7.11. The van der Waals surface area contributed by atoms with Crippen LogP contribution in [0.15, 0.2) is 61.3 Å². The van der Waals surface area contributed by atoms with Crippen LogP contribution in [0.4, 0.5) is 4.79 Å². The van der Waals surface area contributed by atoms with E-state index in [1.165, 1.54) is 0 Å². The molecule has 1 aliphatic heterocycles. The van der Waals surface area contributed by atoms with Crippen LogP contribution in [0.3, 0.4) is 0 Å². The molecule has 9 nitrogen and oxygen atoms in total. The van der Waals surface area contributed by atoms with Crippen molar-refractivity contribution in [2.75, 3.05) is 7.11 Å². The van der Waals surface area contributed by atoms with Crippen LogP contribution in [0, 0.1) is 5.92 Å². The Balaban J connectivity index is 1.95. The second-order valence-corrected chi connectivity index (χ2v) is 11.4. The standard InChI is InChI=1S/C30H36N4O5/c1-19(2)15-30(39-28(36)37)16-22(24-18-32-12-13-33-24)26(21-8-7-11-31-17-21)34(30)27(35)20-9-10-23(29(3,4)5)25(14-20)38-6/h7-14,17-19,22,26H,15-16H2,1-6H3,(H,36,37)/t22-,26+,30+/m1/s1. The Morgan fingerprint density at radius 2 is 1.87 bits per heavy atom. The molecule has 9 heteroatoms. The van der Waals surface area contributed by atoms with Crippen molar-refractivity contribution in [2.45, 2.75) is 70.6 Å². The lowest BCUT2D eigenvalue weighted by molar-refractivity contribution is -0.108. The minimum absolute atomic E-state index is 0.0209. The van der Waals surface area contributed by atoms with Gasteiger partial charge < -0.3 is 14.6 Å². The smallest absolute Gasteiger partial charge is 0.496 e. The van der Waals surface area contributed by atoms with Gasteiger partial charge in [-0.25, -0.2) is 4.79 Å². The maximum Gasteiger partial charge on any atom is 0.507 e. The van der Waals surface area contributed by atoms with E-state index in [0.29, 0.717) is 23.4 Å². The summed E-state index contributed by atoms with van der Waals surface area (Å²) in [5.41, 5.74) is 1.07. The molecule has 1 aromatic carbocycles. The number of ether oxygens (including phenoxy) is 2. The molecule has 39 heavy (non-hydrogen) atoms. The lowest BCUT2D eigenvalue weighted by Gasteiger charge is -2.40. The highest BCUT2D eigenvalue weighted by Gasteiger charge is 2.58. The van der Waals surface area contributed by atoms with Gasteiger partial charge in [-0.1, -0.05) is 46.8 Å². The zero-order chi connectivity index (χ0) is 28.4. The average molecular weight is 533 g/mol. The van der Waals surface area contributed by atoms with Crippen molar-refractivity contribution in [1.29, 1.82) is 0 Å². The maximum atomic E-state index is 14.6. The van der Waals surface area contributed by atoms with Gasteiger partial charge >= 0.3 is 6.16 Å². The summed E-state index contributed by atoms with van der Waals surface area (Å²) >= 11 is 0. The van der Waals surface area contributed by atoms with Crippen molar-refractivity contribution in [2.24, 2.45) is 5.92 Å². The molecule has 1 aliphatic rings. The van der Waals surface area contributed by atoms with E-state index in [0.717, 1.165) is 11.1 Å². The van der Waals surface area contributed by atoms with Gasteiger partial charge in [-0.15, -0.1) is 0 Å². The summed E-state index contributed by atoms with van der Waals surface area (Å²) in [6.45, 7) is 10.2. The zero-order valence-corrected chi connectivity index (χ0v) is 23.3. The normalized spacial score (nSPS) is 21.2. The number of methoxy groups -OCH3 is 1. The minimum Gasteiger partial charge on any atom is -0.496 e. The van der Waals surface area contributed by atoms with E-state index in [-0.39, 0.29) is 29.6 Å². The van der Waals surface area contributed by atoms with E-state index < -0.39 is 17.9 Å². The Hall–Kier alpha value is -4.01. The maximum absolute atomic E-state index is 14.6. The fourth-order valence-electron chi connectivity index (χ4n) is 5.70. The van der Waals surface area contributed by atoms with Crippen LogP contribution in [-0.4, -0.2) is 49.9 Å². The van der Waals surface area contributed by atoms with Crippen molar-refractivity contribution in [3.63, 3.8) is 0 Å². The van der Waals surface area contributed by atoms with Gasteiger partial charge in [0.05, 0.1) is 18.8 Å². The topological polar surface area (TPSA) is 115 Å². The Kier molecular flexibility index (Phi) is 7.90.